The Morgan fingerprint density at radius 2 is 2.16 bits per heavy atom. The minimum Gasteiger partial charge on any atom is -0.489 e. The van der Waals surface area contributed by atoms with Crippen molar-refractivity contribution in [2.24, 2.45) is 5.92 Å². The molecule has 1 unspecified atom stereocenters. The molecular weight excluding hydrogens is 286 g/mol. The molecule has 0 radical (unpaired) electrons. The highest BCUT2D eigenvalue weighted by Gasteiger charge is 2.35. The van der Waals surface area contributed by atoms with Gasteiger partial charge in [0.15, 0.2) is 5.75 Å². The smallest absolute Gasteiger partial charge is 0.246 e. The van der Waals surface area contributed by atoms with Crippen LogP contribution in [0.15, 0.2) is 23.1 Å². The number of para-hydroxylation sites is 1. The first-order chi connectivity index (χ1) is 8.84. The lowest BCUT2D eigenvalue weighted by molar-refractivity contribution is 0.207. The number of hydrogen-bond acceptors (Lipinski definition) is 3. The van der Waals surface area contributed by atoms with Crippen molar-refractivity contribution >= 4 is 21.6 Å². The molecule has 0 aliphatic carbocycles. The molecule has 6 heteroatoms. The normalized spacial score (nSPS) is 22.7. The van der Waals surface area contributed by atoms with Crippen LogP contribution in [0.25, 0.3) is 0 Å². The van der Waals surface area contributed by atoms with Crippen LogP contribution in [0.5, 0.6) is 5.75 Å². The molecular formula is C13H18ClNO3S. The lowest BCUT2D eigenvalue weighted by Crippen LogP contribution is -2.39. The van der Waals surface area contributed by atoms with Crippen LogP contribution < -0.4 is 4.74 Å². The molecule has 1 aromatic carbocycles. The molecule has 0 saturated heterocycles. The first kappa shape index (κ1) is 14.6. The second kappa shape index (κ2) is 5.31. The van der Waals surface area contributed by atoms with Crippen molar-refractivity contribution in [1.29, 1.82) is 0 Å². The monoisotopic (exact) mass is 303 g/mol. The van der Waals surface area contributed by atoms with Crippen LogP contribution in [0, 0.1) is 5.92 Å². The molecule has 0 fully saturated rings. The van der Waals surface area contributed by atoms with Gasteiger partial charge in [-0.25, -0.2) is 8.42 Å². The zero-order valence-electron chi connectivity index (χ0n) is 11.3. The van der Waals surface area contributed by atoms with Crippen LogP contribution >= 0.6 is 11.6 Å². The predicted octanol–water partition coefficient (Wildman–Crippen LogP) is 2.77. The zero-order valence-corrected chi connectivity index (χ0v) is 12.8. The van der Waals surface area contributed by atoms with Crippen LogP contribution in [0.2, 0.25) is 5.02 Å². The van der Waals surface area contributed by atoms with E-state index in [1.165, 1.54) is 10.4 Å². The van der Waals surface area contributed by atoms with Gasteiger partial charge in [-0.3, -0.25) is 0 Å². The Kier molecular flexibility index (Phi) is 4.08. The average molecular weight is 304 g/mol. The third-order valence-electron chi connectivity index (χ3n) is 3.27. The predicted molar refractivity (Wildman–Crippen MR) is 75.1 cm³/mol. The van der Waals surface area contributed by atoms with Gasteiger partial charge in [0.05, 0.1) is 11.1 Å². The van der Waals surface area contributed by atoms with E-state index >= 15 is 0 Å². The third kappa shape index (κ3) is 2.73. The van der Waals surface area contributed by atoms with Crippen LogP contribution in [0.4, 0.5) is 0 Å². The van der Waals surface area contributed by atoms with Gasteiger partial charge in [0.1, 0.15) is 11.5 Å². The Hall–Kier alpha value is -0.780. The van der Waals surface area contributed by atoms with Crippen LogP contribution in [-0.4, -0.2) is 32.4 Å². The third-order valence-corrected chi connectivity index (χ3v) is 5.50. The van der Waals surface area contributed by atoms with E-state index in [2.05, 4.69) is 13.8 Å². The summed E-state index contributed by atoms with van der Waals surface area (Å²) in [6.45, 7) is 4.45. The summed E-state index contributed by atoms with van der Waals surface area (Å²) >= 11 is 6.04. The second-order valence-electron chi connectivity index (χ2n) is 5.18. The summed E-state index contributed by atoms with van der Waals surface area (Å²) in [7, 11) is -1.95. The molecule has 4 nitrogen and oxygen atoms in total. The van der Waals surface area contributed by atoms with E-state index in [1.54, 1.807) is 19.2 Å². The number of hydrogen-bond donors (Lipinski definition) is 0. The van der Waals surface area contributed by atoms with Gasteiger partial charge in [-0.15, -0.1) is 0 Å². The van der Waals surface area contributed by atoms with Crippen molar-refractivity contribution in [1.82, 2.24) is 4.31 Å². The molecule has 0 amide bonds. The summed E-state index contributed by atoms with van der Waals surface area (Å²) in [5.74, 6) is 0.658. The number of nitrogens with zero attached hydrogens (tertiary/aromatic N) is 1. The molecule has 0 saturated carbocycles. The number of likely N-dealkylation sites (N-methyl/N-ethyl adjacent to an activating group) is 1. The molecule has 106 valence electrons. The van der Waals surface area contributed by atoms with Crippen LogP contribution in [0.3, 0.4) is 0 Å². The Labute approximate surface area is 119 Å². The van der Waals surface area contributed by atoms with Gasteiger partial charge in [-0.05, 0) is 24.5 Å². The topological polar surface area (TPSA) is 46.6 Å². The van der Waals surface area contributed by atoms with Crippen molar-refractivity contribution in [3.63, 3.8) is 0 Å². The molecule has 19 heavy (non-hydrogen) atoms. The highest BCUT2D eigenvalue weighted by molar-refractivity contribution is 7.89. The maximum Gasteiger partial charge on any atom is 0.246 e. The summed E-state index contributed by atoms with van der Waals surface area (Å²) in [4.78, 5) is 0.147. The lowest BCUT2D eigenvalue weighted by Gasteiger charge is -2.25. The highest BCUT2D eigenvalue weighted by atomic mass is 35.5. The number of benzene rings is 1. The minimum atomic E-state index is -3.55. The molecule has 0 N–H and O–H groups in total. The van der Waals surface area contributed by atoms with Crippen molar-refractivity contribution in [2.75, 3.05) is 13.7 Å². The zero-order chi connectivity index (χ0) is 14.2. The van der Waals surface area contributed by atoms with E-state index in [9.17, 15) is 8.42 Å². The molecule has 1 aliphatic heterocycles. The fourth-order valence-electron chi connectivity index (χ4n) is 2.23. The number of rotatable bonds is 2. The molecule has 2 rings (SSSR count). The van der Waals surface area contributed by atoms with E-state index in [4.69, 9.17) is 16.3 Å². The number of halogens is 1. The van der Waals surface area contributed by atoms with Gasteiger partial charge < -0.3 is 4.74 Å². The van der Waals surface area contributed by atoms with Gasteiger partial charge in [0.2, 0.25) is 10.0 Å². The second-order valence-corrected chi connectivity index (χ2v) is 7.56. The highest BCUT2D eigenvalue weighted by Crippen LogP contribution is 2.37. The molecule has 1 aromatic rings. The van der Waals surface area contributed by atoms with E-state index in [-0.39, 0.29) is 16.7 Å². The average Bonchev–Trinajstić information content (AvgIpc) is 2.41. The van der Waals surface area contributed by atoms with Gasteiger partial charge in [0.25, 0.3) is 0 Å². The van der Waals surface area contributed by atoms with E-state index in [0.29, 0.717) is 17.5 Å². The molecule has 0 spiro atoms. The Bertz CT molecular complexity index is 571. The summed E-state index contributed by atoms with van der Waals surface area (Å²) in [6, 6.07) is 4.62. The van der Waals surface area contributed by atoms with Gasteiger partial charge >= 0.3 is 0 Å². The van der Waals surface area contributed by atoms with Gasteiger partial charge in [-0.2, -0.15) is 4.31 Å². The van der Waals surface area contributed by atoms with Crippen molar-refractivity contribution in [3.8, 4) is 5.75 Å². The van der Waals surface area contributed by atoms with Gasteiger partial charge in [0, 0.05) is 7.05 Å². The number of ether oxygens (including phenoxy) is 1. The first-order valence-corrected chi connectivity index (χ1v) is 8.05. The van der Waals surface area contributed by atoms with Gasteiger partial charge in [-0.1, -0.05) is 31.5 Å². The van der Waals surface area contributed by atoms with Crippen molar-refractivity contribution < 1.29 is 13.2 Å². The Morgan fingerprint density at radius 3 is 2.79 bits per heavy atom. The van der Waals surface area contributed by atoms with Crippen LogP contribution in [0.1, 0.15) is 20.3 Å². The maximum atomic E-state index is 12.6. The quantitative estimate of drug-likeness (QED) is 0.844. The number of sulfonamides is 1. The van der Waals surface area contributed by atoms with Crippen molar-refractivity contribution in [2.45, 2.75) is 31.2 Å². The standard InChI is InChI=1S/C13H18ClNO3S/c1-9(2)7-10-8-18-13-11(14)5-4-6-12(13)19(16,17)15(10)3/h4-6,9-10H,7-8H2,1-3H3. The fourth-order valence-corrected chi connectivity index (χ4v) is 4.02. The summed E-state index contributed by atoms with van der Waals surface area (Å²) in [6.07, 6.45) is 0.751. The summed E-state index contributed by atoms with van der Waals surface area (Å²) < 4.78 is 32.2. The first-order valence-electron chi connectivity index (χ1n) is 6.23. The van der Waals surface area contributed by atoms with Crippen molar-refractivity contribution in [3.05, 3.63) is 23.2 Å². The Balaban J connectivity index is 2.48. The molecule has 1 atom stereocenters. The Morgan fingerprint density at radius 1 is 1.47 bits per heavy atom. The minimum absolute atomic E-state index is 0.147. The SMILES string of the molecule is CC(C)CC1COc2c(Cl)cccc2S(=O)(=O)N1C. The summed E-state index contributed by atoms with van der Waals surface area (Å²) in [5, 5.41) is 0.333. The molecule has 0 aromatic heterocycles. The lowest BCUT2D eigenvalue weighted by atomic mass is 10.0. The van der Waals surface area contributed by atoms with E-state index < -0.39 is 10.0 Å². The summed E-state index contributed by atoms with van der Waals surface area (Å²) in [5.41, 5.74) is 0. The number of fused-ring (bicyclic) bond motifs is 1. The molecule has 1 heterocycles. The molecule has 1 aliphatic rings. The van der Waals surface area contributed by atoms with E-state index in [0.717, 1.165) is 6.42 Å². The molecule has 0 bridgehead atoms. The largest absolute Gasteiger partial charge is 0.489 e. The maximum absolute atomic E-state index is 12.6. The van der Waals surface area contributed by atoms with E-state index in [1.807, 2.05) is 0 Å². The van der Waals surface area contributed by atoms with Crippen LogP contribution in [-0.2, 0) is 10.0 Å². The fraction of sp³-hybridized carbons (Fsp3) is 0.538.